The monoisotopic (exact) mass is 271 g/mol. The molecule has 0 radical (unpaired) electrons. The first-order valence-electron chi connectivity index (χ1n) is 7.48. The maximum Gasteiger partial charge on any atom is 0.0339 e. The molecule has 0 bridgehead atoms. The molecule has 1 saturated heterocycles. The number of nitrogens with zero attached hydrogens (tertiary/aromatic N) is 1. The molecular weight excluding hydrogens is 246 g/mol. The van der Waals surface area contributed by atoms with Crippen LogP contribution < -0.4 is 11.5 Å². The van der Waals surface area contributed by atoms with Crippen molar-refractivity contribution in [2.45, 2.75) is 31.3 Å². The average Bonchev–Trinajstić information content (AvgIpc) is 2.79. The SMILES string of the molecule is C=C(CN1CC2CC(N)CC2(N)C1)c1ccc(C)cc1. The van der Waals surface area contributed by atoms with Crippen molar-refractivity contribution in [3.63, 3.8) is 0 Å². The Morgan fingerprint density at radius 3 is 2.75 bits per heavy atom. The molecule has 1 saturated carbocycles. The number of benzene rings is 1. The predicted octanol–water partition coefficient (Wildman–Crippen LogP) is 1.76. The van der Waals surface area contributed by atoms with Crippen LogP contribution in [0.1, 0.15) is 24.0 Å². The van der Waals surface area contributed by atoms with Gasteiger partial charge in [-0.2, -0.15) is 0 Å². The summed E-state index contributed by atoms with van der Waals surface area (Å²) in [5.74, 6) is 0.559. The summed E-state index contributed by atoms with van der Waals surface area (Å²) >= 11 is 0. The minimum absolute atomic E-state index is 0.0625. The van der Waals surface area contributed by atoms with Gasteiger partial charge >= 0.3 is 0 Å². The van der Waals surface area contributed by atoms with E-state index >= 15 is 0 Å². The van der Waals surface area contributed by atoms with Crippen LogP contribution in [0.5, 0.6) is 0 Å². The molecule has 1 aromatic rings. The molecule has 3 heteroatoms. The van der Waals surface area contributed by atoms with Crippen LogP contribution in [0.4, 0.5) is 0 Å². The zero-order valence-electron chi connectivity index (χ0n) is 12.3. The molecule has 0 amide bonds. The van der Waals surface area contributed by atoms with Crippen molar-refractivity contribution < 1.29 is 0 Å². The topological polar surface area (TPSA) is 55.3 Å². The molecule has 1 aromatic carbocycles. The lowest BCUT2D eigenvalue weighted by atomic mass is 9.92. The molecule has 20 heavy (non-hydrogen) atoms. The van der Waals surface area contributed by atoms with Crippen molar-refractivity contribution >= 4 is 5.57 Å². The largest absolute Gasteiger partial charge is 0.328 e. The Hall–Kier alpha value is -1.16. The van der Waals surface area contributed by atoms with Gasteiger partial charge in [0.1, 0.15) is 0 Å². The van der Waals surface area contributed by atoms with Crippen LogP contribution in [0.15, 0.2) is 30.8 Å². The van der Waals surface area contributed by atoms with Gasteiger partial charge in [-0.25, -0.2) is 0 Å². The van der Waals surface area contributed by atoms with Crippen molar-refractivity contribution in [1.29, 1.82) is 0 Å². The van der Waals surface area contributed by atoms with E-state index in [0.717, 1.165) is 32.5 Å². The lowest BCUT2D eigenvalue weighted by Crippen LogP contribution is -2.45. The molecule has 3 unspecified atom stereocenters. The third-order valence-electron chi connectivity index (χ3n) is 4.91. The molecule has 0 aromatic heterocycles. The molecule has 4 N–H and O–H groups in total. The number of rotatable bonds is 3. The van der Waals surface area contributed by atoms with Gasteiger partial charge in [0.05, 0.1) is 0 Å². The first-order chi connectivity index (χ1) is 9.46. The van der Waals surface area contributed by atoms with Gasteiger partial charge in [-0.3, -0.25) is 4.90 Å². The van der Waals surface area contributed by atoms with Crippen LogP contribution in [0.2, 0.25) is 0 Å². The summed E-state index contributed by atoms with van der Waals surface area (Å²) in [4.78, 5) is 2.44. The van der Waals surface area contributed by atoms with Crippen molar-refractivity contribution in [2.75, 3.05) is 19.6 Å². The number of hydrogen-bond acceptors (Lipinski definition) is 3. The maximum absolute atomic E-state index is 6.53. The molecule has 0 spiro atoms. The van der Waals surface area contributed by atoms with Gasteiger partial charge in [0.25, 0.3) is 0 Å². The molecule has 2 aliphatic rings. The average molecular weight is 271 g/mol. The Morgan fingerprint density at radius 1 is 1.40 bits per heavy atom. The van der Waals surface area contributed by atoms with E-state index in [1.165, 1.54) is 16.7 Å². The van der Waals surface area contributed by atoms with Crippen LogP contribution >= 0.6 is 0 Å². The molecule has 3 nitrogen and oxygen atoms in total. The first kappa shape index (κ1) is 13.8. The molecule has 1 aliphatic carbocycles. The normalized spacial score (nSPS) is 33.4. The fourth-order valence-corrected chi connectivity index (χ4v) is 3.85. The molecule has 1 aliphatic heterocycles. The summed E-state index contributed by atoms with van der Waals surface area (Å²) < 4.78 is 0. The van der Waals surface area contributed by atoms with E-state index in [0.29, 0.717) is 12.0 Å². The number of nitrogens with two attached hydrogens (primary N) is 2. The molecular formula is C17H25N3. The third kappa shape index (κ3) is 2.53. The Labute approximate surface area is 121 Å². The maximum atomic E-state index is 6.53. The Morgan fingerprint density at radius 2 is 2.10 bits per heavy atom. The second-order valence-electron chi connectivity index (χ2n) is 6.77. The van der Waals surface area contributed by atoms with E-state index in [1.54, 1.807) is 0 Å². The summed E-state index contributed by atoms with van der Waals surface area (Å²) in [6.45, 7) is 9.28. The van der Waals surface area contributed by atoms with Crippen molar-refractivity contribution in [2.24, 2.45) is 17.4 Å². The Bertz CT molecular complexity index is 507. The summed E-state index contributed by atoms with van der Waals surface area (Å²) in [5.41, 5.74) is 16.2. The van der Waals surface area contributed by atoms with E-state index in [9.17, 15) is 0 Å². The van der Waals surface area contributed by atoms with E-state index in [-0.39, 0.29) is 5.54 Å². The standard InChI is InChI=1S/C17H25N3/c1-12-3-5-14(6-4-12)13(2)9-20-10-15-7-16(18)8-17(15,19)11-20/h3-6,15-16H,2,7-11,18-19H2,1H3. The molecule has 3 atom stereocenters. The van der Waals surface area contributed by atoms with Gasteiger partial charge in [0.2, 0.25) is 0 Å². The van der Waals surface area contributed by atoms with Crippen LogP contribution in [-0.4, -0.2) is 36.1 Å². The molecule has 1 heterocycles. The van der Waals surface area contributed by atoms with E-state index in [4.69, 9.17) is 11.5 Å². The second-order valence-corrected chi connectivity index (χ2v) is 6.77. The quantitative estimate of drug-likeness (QED) is 0.881. The summed E-state index contributed by atoms with van der Waals surface area (Å²) in [5, 5.41) is 0. The molecule has 108 valence electrons. The minimum atomic E-state index is -0.0625. The van der Waals surface area contributed by atoms with Crippen molar-refractivity contribution in [3.05, 3.63) is 42.0 Å². The van der Waals surface area contributed by atoms with Gasteiger partial charge in [-0.15, -0.1) is 0 Å². The number of fused-ring (bicyclic) bond motifs is 1. The fraction of sp³-hybridized carbons (Fsp3) is 0.529. The van der Waals surface area contributed by atoms with Gasteiger partial charge in [-0.1, -0.05) is 36.4 Å². The van der Waals surface area contributed by atoms with Crippen LogP contribution in [0.25, 0.3) is 5.57 Å². The molecule has 2 fully saturated rings. The van der Waals surface area contributed by atoms with Crippen molar-refractivity contribution in [3.8, 4) is 0 Å². The van der Waals surface area contributed by atoms with Crippen molar-refractivity contribution in [1.82, 2.24) is 4.90 Å². The predicted molar refractivity (Wildman–Crippen MR) is 84.3 cm³/mol. The van der Waals surface area contributed by atoms with Gasteiger partial charge in [0.15, 0.2) is 0 Å². The second kappa shape index (κ2) is 4.99. The number of aryl methyl sites for hydroxylation is 1. The highest BCUT2D eigenvalue weighted by atomic mass is 15.2. The summed E-state index contributed by atoms with van der Waals surface area (Å²) in [7, 11) is 0. The summed E-state index contributed by atoms with van der Waals surface area (Å²) in [6.07, 6.45) is 2.04. The van der Waals surface area contributed by atoms with E-state index in [2.05, 4.69) is 42.7 Å². The highest BCUT2D eigenvalue weighted by molar-refractivity contribution is 5.64. The molecule has 3 rings (SSSR count). The highest BCUT2D eigenvalue weighted by Gasteiger charge is 2.49. The smallest absolute Gasteiger partial charge is 0.0339 e. The van der Waals surface area contributed by atoms with Gasteiger partial charge in [-0.05, 0) is 36.8 Å². The van der Waals surface area contributed by atoms with Crippen LogP contribution in [-0.2, 0) is 0 Å². The first-order valence-corrected chi connectivity index (χ1v) is 7.48. The third-order valence-corrected chi connectivity index (χ3v) is 4.91. The highest BCUT2D eigenvalue weighted by Crippen LogP contribution is 2.39. The zero-order chi connectivity index (χ0) is 14.3. The van der Waals surface area contributed by atoms with Crippen LogP contribution in [0, 0.1) is 12.8 Å². The van der Waals surface area contributed by atoms with Gasteiger partial charge < -0.3 is 11.5 Å². The van der Waals surface area contributed by atoms with Crippen LogP contribution in [0.3, 0.4) is 0 Å². The lowest BCUT2D eigenvalue weighted by Gasteiger charge is -2.24. The number of likely N-dealkylation sites (tertiary alicyclic amines) is 1. The summed E-state index contributed by atoms with van der Waals surface area (Å²) in [6, 6.07) is 8.89. The zero-order valence-corrected chi connectivity index (χ0v) is 12.3. The minimum Gasteiger partial charge on any atom is -0.328 e. The fourth-order valence-electron chi connectivity index (χ4n) is 3.85. The number of hydrogen-bond donors (Lipinski definition) is 2. The Balaban J connectivity index is 1.63. The van der Waals surface area contributed by atoms with Gasteiger partial charge in [0, 0.05) is 31.2 Å². The lowest BCUT2D eigenvalue weighted by molar-refractivity contribution is 0.331. The van der Waals surface area contributed by atoms with E-state index < -0.39 is 0 Å². The Kier molecular flexibility index (Phi) is 3.44. The van der Waals surface area contributed by atoms with E-state index in [1.807, 2.05) is 0 Å².